The van der Waals surface area contributed by atoms with Crippen LogP contribution in [0.1, 0.15) is 29.7 Å². The normalized spacial score (nSPS) is 12.5. The summed E-state index contributed by atoms with van der Waals surface area (Å²) in [5.41, 5.74) is 5.34. The van der Waals surface area contributed by atoms with E-state index in [4.69, 9.17) is 10.2 Å². The lowest BCUT2D eigenvalue weighted by molar-refractivity contribution is 0.0885. The summed E-state index contributed by atoms with van der Waals surface area (Å²) in [6.45, 7) is 2.34. The van der Waals surface area contributed by atoms with Gasteiger partial charge in [-0.1, -0.05) is 6.92 Å². The van der Waals surface area contributed by atoms with Crippen molar-refractivity contribution < 1.29 is 14.3 Å². The van der Waals surface area contributed by atoms with Crippen molar-refractivity contribution in [3.63, 3.8) is 0 Å². The van der Waals surface area contributed by atoms with Gasteiger partial charge in [-0.2, -0.15) is 0 Å². The Bertz CT molecular complexity index is 322. The zero-order valence-corrected chi connectivity index (χ0v) is 8.69. The second-order valence-corrected chi connectivity index (χ2v) is 3.24. The van der Waals surface area contributed by atoms with Crippen molar-refractivity contribution in [1.82, 2.24) is 5.32 Å². The van der Waals surface area contributed by atoms with Crippen molar-refractivity contribution in [3.05, 3.63) is 23.7 Å². The maximum Gasteiger partial charge on any atom is 0.287 e. The molecule has 0 aromatic carbocycles. The van der Waals surface area contributed by atoms with E-state index in [1.54, 1.807) is 12.1 Å². The van der Waals surface area contributed by atoms with Crippen LogP contribution < -0.4 is 11.1 Å². The summed E-state index contributed by atoms with van der Waals surface area (Å²) in [4.78, 5) is 11.4. The molecule has 0 aliphatic carbocycles. The molecular weight excluding hydrogens is 196 g/mol. The zero-order valence-electron chi connectivity index (χ0n) is 8.69. The average Bonchev–Trinajstić information content (AvgIpc) is 2.73. The van der Waals surface area contributed by atoms with E-state index >= 15 is 0 Å². The van der Waals surface area contributed by atoms with Crippen LogP contribution in [0, 0.1) is 0 Å². The summed E-state index contributed by atoms with van der Waals surface area (Å²) in [6, 6.07) is 3.22. The Balaban J connectivity index is 2.46. The monoisotopic (exact) mass is 212 g/mol. The highest BCUT2D eigenvalue weighted by molar-refractivity contribution is 5.91. The molecule has 0 aliphatic rings. The molecule has 0 bridgehead atoms. The SMILES string of the molecule is CCC(O)CNC(=O)c1ccc(CN)o1. The van der Waals surface area contributed by atoms with Crippen molar-refractivity contribution >= 4 is 5.91 Å². The molecule has 0 saturated heterocycles. The predicted octanol–water partition coefficient (Wildman–Crippen LogP) is 0.239. The maximum absolute atomic E-state index is 11.4. The lowest BCUT2D eigenvalue weighted by atomic mass is 10.3. The third-order valence-corrected chi connectivity index (χ3v) is 2.06. The number of carbonyl (C=O) groups is 1. The molecule has 1 aromatic rings. The van der Waals surface area contributed by atoms with E-state index in [9.17, 15) is 9.90 Å². The van der Waals surface area contributed by atoms with Gasteiger partial charge in [0, 0.05) is 6.54 Å². The molecular formula is C10H16N2O3. The Kier molecular flexibility index (Phi) is 4.33. The minimum atomic E-state index is -0.516. The van der Waals surface area contributed by atoms with Gasteiger partial charge in [-0.15, -0.1) is 0 Å². The molecule has 0 radical (unpaired) electrons. The maximum atomic E-state index is 11.4. The van der Waals surface area contributed by atoms with Crippen molar-refractivity contribution in [2.24, 2.45) is 5.73 Å². The molecule has 1 amide bonds. The van der Waals surface area contributed by atoms with Crippen LogP contribution in [0.3, 0.4) is 0 Å². The number of hydrogen-bond donors (Lipinski definition) is 3. The minimum Gasteiger partial charge on any atom is -0.455 e. The van der Waals surface area contributed by atoms with E-state index in [1.165, 1.54) is 0 Å². The van der Waals surface area contributed by atoms with Gasteiger partial charge >= 0.3 is 0 Å². The van der Waals surface area contributed by atoms with Crippen LogP contribution in [0.2, 0.25) is 0 Å². The van der Waals surface area contributed by atoms with Crippen molar-refractivity contribution in [2.45, 2.75) is 26.0 Å². The number of nitrogens with two attached hydrogens (primary N) is 1. The Morgan fingerprint density at radius 3 is 2.93 bits per heavy atom. The second-order valence-electron chi connectivity index (χ2n) is 3.24. The number of aliphatic hydroxyl groups excluding tert-OH is 1. The van der Waals surface area contributed by atoms with Crippen molar-refractivity contribution in [1.29, 1.82) is 0 Å². The summed E-state index contributed by atoms with van der Waals surface area (Å²) in [5.74, 6) is 0.456. The fraction of sp³-hybridized carbons (Fsp3) is 0.500. The second kappa shape index (κ2) is 5.53. The molecule has 84 valence electrons. The van der Waals surface area contributed by atoms with Crippen LogP contribution in [0.15, 0.2) is 16.5 Å². The first-order chi connectivity index (χ1) is 7.17. The number of hydrogen-bond acceptors (Lipinski definition) is 4. The third-order valence-electron chi connectivity index (χ3n) is 2.06. The van der Waals surface area contributed by atoms with Gasteiger partial charge < -0.3 is 20.6 Å². The molecule has 1 atom stereocenters. The molecule has 1 aromatic heterocycles. The Hall–Kier alpha value is -1.33. The van der Waals surface area contributed by atoms with Gasteiger partial charge in [-0.25, -0.2) is 0 Å². The highest BCUT2D eigenvalue weighted by Crippen LogP contribution is 2.06. The fourth-order valence-corrected chi connectivity index (χ4v) is 1.05. The van der Waals surface area contributed by atoms with Gasteiger partial charge in [-0.3, -0.25) is 4.79 Å². The van der Waals surface area contributed by atoms with E-state index in [0.29, 0.717) is 12.2 Å². The highest BCUT2D eigenvalue weighted by atomic mass is 16.4. The Labute approximate surface area is 88.3 Å². The number of amides is 1. The lowest BCUT2D eigenvalue weighted by Gasteiger charge is -2.07. The highest BCUT2D eigenvalue weighted by Gasteiger charge is 2.11. The van der Waals surface area contributed by atoms with Gasteiger partial charge in [0.05, 0.1) is 12.6 Å². The van der Waals surface area contributed by atoms with Gasteiger partial charge in [0.25, 0.3) is 5.91 Å². The standard InChI is InChI=1S/C10H16N2O3/c1-2-7(13)6-12-10(14)9-4-3-8(5-11)15-9/h3-4,7,13H,2,5-6,11H2,1H3,(H,12,14). The third kappa shape index (κ3) is 3.38. The molecule has 0 spiro atoms. The van der Waals surface area contributed by atoms with E-state index in [1.807, 2.05) is 6.92 Å². The quantitative estimate of drug-likeness (QED) is 0.652. The van der Waals surface area contributed by atoms with Crippen LogP contribution in [-0.4, -0.2) is 23.7 Å². The first-order valence-corrected chi connectivity index (χ1v) is 4.92. The fourth-order valence-electron chi connectivity index (χ4n) is 1.05. The number of carbonyl (C=O) groups excluding carboxylic acids is 1. The summed E-state index contributed by atoms with van der Waals surface area (Å²) in [6.07, 6.45) is 0.0878. The van der Waals surface area contributed by atoms with Crippen LogP contribution >= 0.6 is 0 Å². The Morgan fingerprint density at radius 2 is 2.40 bits per heavy atom. The lowest BCUT2D eigenvalue weighted by Crippen LogP contribution is -2.31. The molecule has 4 N–H and O–H groups in total. The molecule has 1 unspecified atom stereocenters. The van der Waals surface area contributed by atoms with Gasteiger partial charge in [0.2, 0.25) is 0 Å². The smallest absolute Gasteiger partial charge is 0.287 e. The number of aliphatic hydroxyl groups is 1. The topological polar surface area (TPSA) is 88.5 Å². The van der Waals surface area contributed by atoms with Crippen LogP contribution in [-0.2, 0) is 6.54 Å². The first-order valence-electron chi connectivity index (χ1n) is 4.92. The van der Waals surface area contributed by atoms with Crippen LogP contribution in [0.5, 0.6) is 0 Å². The largest absolute Gasteiger partial charge is 0.455 e. The zero-order chi connectivity index (χ0) is 11.3. The number of nitrogens with one attached hydrogen (secondary N) is 1. The van der Waals surface area contributed by atoms with E-state index in [-0.39, 0.29) is 24.8 Å². The molecule has 0 aliphatic heterocycles. The summed E-state index contributed by atoms with van der Waals surface area (Å²) in [7, 11) is 0. The number of furan rings is 1. The van der Waals surface area contributed by atoms with Gasteiger partial charge in [0.1, 0.15) is 5.76 Å². The van der Waals surface area contributed by atoms with E-state index < -0.39 is 6.10 Å². The molecule has 1 rings (SSSR count). The number of rotatable bonds is 5. The molecule has 5 heteroatoms. The minimum absolute atomic E-state index is 0.221. The Morgan fingerprint density at radius 1 is 1.67 bits per heavy atom. The average molecular weight is 212 g/mol. The molecule has 15 heavy (non-hydrogen) atoms. The van der Waals surface area contributed by atoms with Crippen molar-refractivity contribution in [2.75, 3.05) is 6.54 Å². The molecule has 1 heterocycles. The molecule has 0 fully saturated rings. The van der Waals surface area contributed by atoms with Gasteiger partial charge in [-0.05, 0) is 18.6 Å². The summed E-state index contributed by atoms with van der Waals surface area (Å²) in [5, 5.41) is 11.8. The van der Waals surface area contributed by atoms with Crippen molar-refractivity contribution in [3.8, 4) is 0 Å². The van der Waals surface area contributed by atoms with E-state index in [0.717, 1.165) is 0 Å². The predicted molar refractivity (Wildman–Crippen MR) is 55.2 cm³/mol. The van der Waals surface area contributed by atoms with Gasteiger partial charge in [0.15, 0.2) is 5.76 Å². The van der Waals surface area contributed by atoms with E-state index in [2.05, 4.69) is 5.32 Å². The molecule has 0 saturated carbocycles. The summed E-state index contributed by atoms with van der Waals surface area (Å²) < 4.78 is 5.14. The van der Waals surface area contributed by atoms with Crippen LogP contribution in [0.4, 0.5) is 0 Å². The first kappa shape index (κ1) is 11.7. The van der Waals surface area contributed by atoms with Crippen LogP contribution in [0.25, 0.3) is 0 Å². The summed E-state index contributed by atoms with van der Waals surface area (Å²) >= 11 is 0. The molecule has 5 nitrogen and oxygen atoms in total.